The second kappa shape index (κ2) is 7.14. The Hall–Kier alpha value is -0.380. The van der Waals surface area contributed by atoms with Crippen LogP contribution < -0.4 is 11.3 Å². The van der Waals surface area contributed by atoms with Crippen LogP contribution in [-0.2, 0) is 0 Å². The zero-order chi connectivity index (χ0) is 12.8. The van der Waals surface area contributed by atoms with Gasteiger partial charge in [-0.25, -0.2) is 0 Å². The third-order valence-electron chi connectivity index (χ3n) is 3.31. The van der Waals surface area contributed by atoms with Crippen LogP contribution in [0.5, 0.6) is 0 Å². The number of nitrogens with two attached hydrogens (primary N) is 1. The minimum absolute atomic E-state index is 0.244. The van der Waals surface area contributed by atoms with Gasteiger partial charge in [0.05, 0.1) is 0 Å². The molecule has 2 nitrogen and oxygen atoms in total. The fourth-order valence-electron chi connectivity index (χ4n) is 2.30. The molecule has 1 rings (SSSR count). The van der Waals surface area contributed by atoms with Crippen molar-refractivity contribution >= 4 is 15.9 Å². The number of halogens is 1. The Labute approximate surface area is 113 Å². The van der Waals surface area contributed by atoms with Gasteiger partial charge in [0.1, 0.15) is 0 Å². The summed E-state index contributed by atoms with van der Waals surface area (Å²) < 4.78 is 1.15. The van der Waals surface area contributed by atoms with Crippen molar-refractivity contribution in [2.45, 2.75) is 46.1 Å². The lowest BCUT2D eigenvalue weighted by atomic mass is 9.91. The van der Waals surface area contributed by atoms with Gasteiger partial charge in [-0.3, -0.25) is 11.3 Å². The molecule has 0 saturated heterocycles. The summed E-state index contributed by atoms with van der Waals surface area (Å²) in [6, 6.07) is 6.54. The molecule has 0 amide bonds. The average molecular weight is 299 g/mol. The number of benzene rings is 1. The van der Waals surface area contributed by atoms with Crippen LogP contribution in [0.25, 0.3) is 0 Å². The van der Waals surface area contributed by atoms with Gasteiger partial charge in [0, 0.05) is 10.5 Å². The summed E-state index contributed by atoms with van der Waals surface area (Å²) in [7, 11) is 0. The lowest BCUT2D eigenvalue weighted by Gasteiger charge is -2.22. The molecule has 0 spiro atoms. The molecule has 96 valence electrons. The first-order valence-electron chi connectivity index (χ1n) is 6.31. The number of hydrogen-bond acceptors (Lipinski definition) is 2. The highest BCUT2D eigenvalue weighted by Gasteiger charge is 2.16. The molecule has 0 aliphatic rings. The van der Waals surface area contributed by atoms with Crippen LogP contribution in [-0.4, -0.2) is 0 Å². The summed E-state index contributed by atoms with van der Waals surface area (Å²) in [6.45, 7) is 6.65. The van der Waals surface area contributed by atoms with E-state index in [9.17, 15) is 0 Å². The molecule has 1 aromatic carbocycles. The summed E-state index contributed by atoms with van der Waals surface area (Å²) in [4.78, 5) is 0. The predicted octanol–water partition coefficient (Wildman–Crippen LogP) is 4.09. The molecule has 17 heavy (non-hydrogen) atoms. The first-order valence-corrected chi connectivity index (χ1v) is 7.10. The molecule has 0 aliphatic heterocycles. The Morgan fingerprint density at radius 3 is 2.71 bits per heavy atom. The van der Waals surface area contributed by atoms with Crippen LogP contribution >= 0.6 is 15.9 Å². The molecule has 0 aromatic heterocycles. The molecule has 3 heteroatoms. The van der Waals surface area contributed by atoms with Crippen LogP contribution in [0.15, 0.2) is 22.7 Å². The van der Waals surface area contributed by atoms with Gasteiger partial charge in [-0.05, 0) is 36.5 Å². The maximum absolute atomic E-state index is 5.70. The molecule has 0 saturated carbocycles. The molecule has 1 aromatic rings. The lowest BCUT2D eigenvalue weighted by Crippen LogP contribution is -2.30. The van der Waals surface area contributed by atoms with E-state index in [1.54, 1.807) is 0 Å². The topological polar surface area (TPSA) is 38.0 Å². The van der Waals surface area contributed by atoms with Gasteiger partial charge < -0.3 is 0 Å². The second-order valence-electron chi connectivity index (χ2n) is 4.80. The van der Waals surface area contributed by atoms with Gasteiger partial charge in [-0.2, -0.15) is 0 Å². The standard InChI is InChI=1S/C14H23BrN2/c1-4-6-10(2)9-14(17-16)12-7-5-8-13(15)11(12)3/h5,7-8,10,14,17H,4,6,9,16H2,1-3H3. The lowest BCUT2D eigenvalue weighted by molar-refractivity contribution is 0.393. The number of hydrogen-bond donors (Lipinski definition) is 2. The number of hydrazine groups is 1. The predicted molar refractivity (Wildman–Crippen MR) is 77.6 cm³/mol. The molecule has 0 aliphatic carbocycles. The smallest absolute Gasteiger partial charge is 0.0465 e. The Bertz CT molecular complexity index is 352. The summed E-state index contributed by atoms with van der Waals surface area (Å²) in [5.41, 5.74) is 5.53. The summed E-state index contributed by atoms with van der Waals surface area (Å²) in [6.07, 6.45) is 3.57. The molecular formula is C14H23BrN2. The SMILES string of the molecule is CCCC(C)CC(NN)c1cccc(Br)c1C. The number of nitrogens with one attached hydrogen (secondary N) is 1. The van der Waals surface area contributed by atoms with Crippen molar-refractivity contribution in [3.05, 3.63) is 33.8 Å². The second-order valence-corrected chi connectivity index (χ2v) is 5.66. The van der Waals surface area contributed by atoms with Gasteiger partial charge in [-0.1, -0.05) is 54.8 Å². The van der Waals surface area contributed by atoms with Crippen molar-refractivity contribution in [2.24, 2.45) is 11.8 Å². The Morgan fingerprint density at radius 2 is 2.12 bits per heavy atom. The zero-order valence-corrected chi connectivity index (χ0v) is 12.5. The van der Waals surface area contributed by atoms with Crippen LogP contribution in [0.2, 0.25) is 0 Å². The highest BCUT2D eigenvalue weighted by Crippen LogP contribution is 2.29. The van der Waals surface area contributed by atoms with Crippen LogP contribution in [0.4, 0.5) is 0 Å². The van der Waals surface area contributed by atoms with Crippen molar-refractivity contribution in [1.82, 2.24) is 5.43 Å². The van der Waals surface area contributed by atoms with Crippen molar-refractivity contribution in [1.29, 1.82) is 0 Å². The van der Waals surface area contributed by atoms with E-state index in [0.29, 0.717) is 5.92 Å². The van der Waals surface area contributed by atoms with Gasteiger partial charge in [0.25, 0.3) is 0 Å². The van der Waals surface area contributed by atoms with Crippen LogP contribution in [0, 0.1) is 12.8 Å². The van der Waals surface area contributed by atoms with Crippen molar-refractivity contribution in [3.8, 4) is 0 Å². The fraction of sp³-hybridized carbons (Fsp3) is 0.571. The largest absolute Gasteiger partial charge is 0.271 e. The molecule has 3 N–H and O–H groups in total. The van der Waals surface area contributed by atoms with E-state index in [1.165, 1.54) is 24.0 Å². The van der Waals surface area contributed by atoms with Crippen LogP contribution in [0.3, 0.4) is 0 Å². The minimum atomic E-state index is 0.244. The average Bonchev–Trinajstić information content (AvgIpc) is 2.30. The third kappa shape index (κ3) is 4.09. The van der Waals surface area contributed by atoms with E-state index >= 15 is 0 Å². The molecule has 2 atom stereocenters. The van der Waals surface area contributed by atoms with Crippen molar-refractivity contribution < 1.29 is 0 Å². The summed E-state index contributed by atoms with van der Waals surface area (Å²) in [5.74, 6) is 6.40. The first kappa shape index (κ1) is 14.7. The Kier molecular flexibility index (Phi) is 6.17. The molecule has 0 radical (unpaired) electrons. The maximum atomic E-state index is 5.70. The highest BCUT2D eigenvalue weighted by atomic mass is 79.9. The monoisotopic (exact) mass is 298 g/mol. The molecule has 0 heterocycles. The fourth-order valence-corrected chi connectivity index (χ4v) is 2.68. The van der Waals surface area contributed by atoms with Crippen molar-refractivity contribution in [2.75, 3.05) is 0 Å². The van der Waals surface area contributed by atoms with E-state index < -0.39 is 0 Å². The minimum Gasteiger partial charge on any atom is -0.271 e. The molecule has 0 fully saturated rings. The van der Waals surface area contributed by atoms with Gasteiger partial charge in [0.2, 0.25) is 0 Å². The van der Waals surface area contributed by atoms with Crippen molar-refractivity contribution in [3.63, 3.8) is 0 Å². The third-order valence-corrected chi connectivity index (χ3v) is 4.16. The Morgan fingerprint density at radius 1 is 1.41 bits per heavy atom. The van der Waals surface area contributed by atoms with Gasteiger partial charge >= 0.3 is 0 Å². The Balaban J connectivity index is 2.82. The normalized spacial score (nSPS) is 14.6. The molecule has 0 bridgehead atoms. The number of rotatable bonds is 6. The van der Waals surface area contributed by atoms with E-state index in [1.807, 2.05) is 0 Å². The highest BCUT2D eigenvalue weighted by molar-refractivity contribution is 9.10. The van der Waals surface area contributed by atoms with Gasteiger partial charge in [0.15, 0.2) is 0 Å². The van der Waals surface area contributed by atoms with Gasteiger partial charge in [-0.15, -0.1) is 0 Å². The maximum Gasteiger partial charge on any atom is 0.0465 e. The quantitative estimate of drug-likeness (QED) is 0.613. The van der Waals surface area contributed by atoms with E-state index in [-0.39, 0.29) is 6.04 Å². The van der Waals surface area contributed by atoms with Crippen LogP contribution in [0.1, 0.15) is 50.3 Å². The summed E-state index contributed by atoms with van der Waals surface area (Å²) >= 11 is 3.57. The molecule has 2 unspecified atom stereocenters. The van der Waals surface area contributed by atoms with E-state index in [0.717, 1.165) is 10.9 Å². The van der Waals surface area contributed by atoms with E-state index in [2.05, 4.69) is 60.3 Å². The summed E-state index contributed by atoms with van der Waals surface area (Å²) in [5, 5.41) is 0. The zero-order valence-electron chi connectivity index (χ0n) is 11.0. The van der Waals surface area contributed by atoms with E-state index in [4.69, 9.17) is 5.84 Å². The first-order chi connectivity index (χ1) is 8.10. The molecular weight excluding hydrogens is 276 g/mol.